The zero-order chi connectivity index (χ0) is 24.9. The van der Waals surface area contributed by atoms with Gasteiger partial charge in [0.05, 0.1) is 6.42 Å². The molecule has 0 saturated heterocycles. The molecule has 1 N–H and O–H groups in total. The first-order valence-electron chi connectivity index (χ1n) is 13.3. The Bertz CT molecular complexity index is 885. The van der Waals surface area contributed by atoms with E-state index in [0.29, 0.717) is 0 Å². The highest BCUT2D eigenvalue weighted by Gasteiger charge is 2.24. The second-order valence-electron chi connectivity index (χ2n) is 9.37. The van der Waals surface area contributed by atoms with Gasteiger partial charge >= 0.3 is 5.97 Å². The summed E-state index contributed by atoms with van der Waals surface area (Å²) in [7, 11) is 0. The van der Waals surface area contributed by atoms with Gasteiger partial charge in [0.25, 0.3) is 11.8 Å². The van der Waals surface area contributed by atoms with E-state index < -0.39 is 17.8 Å². The Morgan fingerprint density at radius 1 is 0.765 bits per heavy atom. The zero-order valence-corrected chi connectivity index (χ0v) is 21.7. The molecule has 0 aromatic heterocycles. The van der Waals surface area contributed by atoms with Crippen LogP contribution in [-0.4, -0.2) is 17.8 Å². The van der Waals surface area contributed by atoms with Gasteiger partial charge in [-0.15, -0.1) is 0 Å². The third kappa shape index (κ3) is 8.11. The molecule has 5 heteroatoms. The van der Waals surface area contributed by atoms with Crippen LogP contribution in [-0.2, 0) is 51.4 Å². The van der Waals surface area contributed by atoms with Crippen molar-refractivity contribution in [2.75, 3.05) is 0 Å². The van der Waals surface area contributed by atoms with Gasteiger partial charge in [-0.1, -0.05) is 59.4 Å². The highest BCUT2D eigenvalue weighted by atomic mass is 16.5. The summed E-state index contributed by atoms with van der Waals surface area (Å²) in [6.07, 6.45) is 14.4. The van der Waals surface area contributed by atoms with Crippen molar-refractivity contribution in [3.63, 3.8) is 0 Å². The number of ether oxygens (including phenoxy) is 1. The van der Waals surface area contributed by atoms with Crippen LogP contribution in [0.1, 0.15) is 113 Å². The number of nitrogens with one attached hydrogen (secondary N) is 1. The molecule has 0 radical (unpaired) electrons. The summed E-state index contributed by atoms with van der Waals surface area (Å²) >= 11 is 0. The van der Waals surface area contributed by atoms with Crippen LogP contribution in [0.3, 0.4) is 0 Å². The first kappa shape index (κ1) is 27.8. The second kappa shape index (κ2) is 14.7. The van der Waals surface area contributed by atoms with Crippen LogP contribution in [0, 0.1) is 0 Å². The lowest BCUT2D eigenvalue weighted by atomic mass is 9.83. The van der Waals surface area contributed by atoms with E-state index >= 15 is 0 Å². The average molecular weight is 470 g/mol. The second-order valence-corrected chi connectivity index (χ2v) is 9.37. The third-order valence-corrected chi connectivity index (χ3v) is 6.55. The van der Waals surface area contributed by atoms with E-state index in [0.717, 1.165) is 69.8 Å². The van der Waals surface area contributed by atoms with E-state index in [2.05, 4.69) is 39.1 Å². The van der Waals surface area contributed by atoms with Crippen LogP contribution >= 0.6 is 0 Å². The van der Waals surface area contributed by atoms with Gasteiger partial charge in [0.15, 0.2) is 0 Å². The summed E-state index contributed by atoms with van der Waals surface area (Å²) < 4.78 is 5.66. The first-order chi connectivity index (χ1) is 16.4. The van der Waals surface area contributed by atoms with Crippen molar-refractivity contribution in [2.24, 2.45) is 0 Å². The van der Waals surface area contributed by atoms with E-state index in [9.17, 15) is 14.4 Å². The Hall–Kier alpha value is -2.43. The molecule has 0 spiro atoms. The van der Waals surface area contributed by atoms with Crippen LogP contribution in [0.4, 0.5) is 0 Å². The number of aryl methyl sites for hydroxylation is 1. The topological polar surface area (TPSA) is 72.5 Å². The Morgan fingerprint density at radius 3 is 1.82 bits per heavy atom. The van der Waals surface area contributed by atoms with Crippen molar-refractivity contribution < 1.29 is 19.1 Å². The number of carbonyl (C=O) groups is 3. The molecule has 5 nitrogen and oxygen atoms in total. The maximum Gasteiger partial charge on any atom is 0.310 e. The fourth-order valence-electron chi connectivity index (χ4n) is 4.61. The van der Waals surface area contributed by atoms with E-state index in [1.54, 1.807) is 0 Å². The predicted molar refractivity (Wildman–Crippen MR) is 137 cm³/mol. The van der Waals surface area contributed by atoms with Gasteiger partial charge in [0.2, 0.25) is 0 Å². The van der Waals surface area contributed by atoms with Gasteiger partial charge in [-0.25, -0.2) is 0 Å². The van der Waals surface area contributed by atoms with Crippen LogP contribution in [0.25, 0.3) is 0 Å². The summed E-state index contributed by atoms with van der Waals surface area (Å²) in [5, 5.41) is 2.18. The van der Waals surface area contributed by atoms with Crippen LogP contribution in [0.2, 0.25) is 0 Å². The van der Waals surface area contributed by atoms with Crippen molar-refractivity contribution in [2.45, 2.75) is 118 Å². The van der Waals surface area contributed by atoms with Crippen molar-refractivity contribution in [1.82, 2.24) is 5.32 Å². The number of amides is 2. The lowest BCUT2D eigenvalue weighted by molar-refractivity contribution is -0.144. The molecule has 0 saturated carbocycles. The molecular formula is C29H43NO4. The summed E-state index contributed by atoms with van der Waals surface area (Å²) in [5.74, 6) is -1.45. The molecule has 2 amide bonds. The van der Waals surface area contributed by atoms with Gasteiger partial charge in [0.1, 0.15) is 6.61 Å². The molecular weight excluding hydrogens is 426 g/mol. The standard InChI is InChI=1S/C29H43NO4/c1-5-9-13-21-17-23(20-34-28(32)19-22-18-27(31)30-29(22)33)25(15-11-7-3)26(16-12-8-4)24(21)14-10-6-2/h17-18H,5-16,19-20H2,1-4H3,(H,30,31,33). The molecule has 2 rings (SSSR count). The van der Waals surface area contributed by atoms with Crippen molar-refractivity contribution >= 4 is 17.8 Å². The van der Waals surface area contributed by atoms with Crippen molar-refractivity contribution in [3.8, 4) is 0 Å². The van der Waals surface area contributed by atoms with Crippen LogP contribution < -0.4 is 5.32 Å². The Labute approximate surface area is 205 Å². The third-order valence-electron chi connectivity index (χ3n) is 6.55. The predicted octanol–water partition coefficient (Wildman–Crippen LogP) is 6.07. The molecule has 0 atom stereocenters. The molecule has 1 aliphatic rings. The Balaban J connectivity index is 2.37. The van der Waals surface area contributed by atoms with Gasteiger partial charge in [0, 0.05) is 11.6 Å². The minimum absolute atomic E-state index is 0.170. The Morgan fingerprint density at radius 2 is 1.29 bits per heavy atom. The van der Waals surface area contributed by atoms with Gasteiger partial charge in [-0.2, -0.15) is 0 Å². The quantitative estimate of drug-likeness (QED) is 0.235. The maximum atomic E-state index is 12.5. The SMILES string of the molecule is CCCCc1cc(COC(=O)CC2=CC(=O)NC2=O)c(CCCC)c(CCCC)c1CCCC. The zero-order valence-electron chi connectivity index (χ0n) is 21.7. The van der Waals surface area contributed by atoms with Crippen LogP contribution in [0.15, 0.2) is 17.7 Å². The first-order valence-corrected chi connectivity index (χ1v) is 13.3. The lowest BCUT2D eigenvalue weighted by Gasteiger charge is -2.23. The summed E-state index contributed by atoms with van der Waals surface area (Å²) in [4.78, 5) is 35.7. The van der Waals surface area contributed by atoms with Gasteiger partial charge in [-0.3, -0.25) is 19.7 Å². The molecule has 0 bridgehead atoms. The minimum atomic E-state index is -0.505. The van der Waals surface area contributed by atoms with E-state index in [4.69, 9.17) is 4.74 Å². The van der Waals surface area contributed by atoms with E-state index in [1.165, 1.54) is 41.2 Å². The van der Waals surface area contributed by atoms with Gasteiger partial charge < -0.3 is 4.74 Å². The van der Waals surface area contributed by atoms with E-state index in [-0.39, 0.29) is 18.6 Å². The maximum absolute atomic E-state index is 12.5. The normalized spacial score (nSPS) is 13.2. The molecule has 0 aliphatic carbocycles. The number of unbranched alkanes of at least 4 members (excludes halogenated alkanes) is 4. The number of hydrogen-bond acceptors (Lipinski definition) is 4. The highest BCUT2D eigenvalue weighted by Crippen LogP contribution is 2.30. The highest BCUT2D eigenvalue weighted by molar-refractivity contribution is 6.17. The summed E-state index contributed by atoms with van der Waals surface area (Å²) in [5.41, 5.74) is 7.09. The molecule has 0 unspecified atom stereocenters. The number of hydrogen-bond donors (Lipinski definition) is 1. The molecule has 1 aromatic carbocycles. The fraction of sp³-hybridized carbons (Fsp3) is 0.621. The molecule has 34 heavy (non-hydrogen) atoms. The minimum Gasteiger partial charge on any atom is -0.461 e. The van der Waals surface area contributed by atoms with Crippen LogP contribution in [0.5, 0.6) is 0 Å². The number of benzene rings is 1. The molecule has 1 heterocycles. The summed E-state index contributed by atoms with van der Waals surface area (Å²) in [6.45, 7) is 9.13. The number of carbonyl (C=O) groups excluding carboxylic acids is 3. The van der Waals surface area contributed by atoms with Crippen molar-refractivity contribution in [1.29, 1.82) is 0 Å². The monoisotopic (exact) mass is 469 g/mol. The Kier molecular flexibility index (Phi) is 12.1. The molecule has 188 valence electrons. The molecule has 1 aromatic rings. The molecule has 0 fully saturated rings. The number of esters is 1. The number of rotatable bonds is 16. The average Bonchev–Trinajstić information content (AvgIpc) is 3.13. The smallest absolute Gasteiger partial charge is 0.310 e. The molecule has 1 aliphatic heterocycles. The van der Waals surface area contributed by atoms with Gasteiger partial charge in [-0.05, 0) is 79.2 Å². The van der Waals surface area contributed by atoms with Crippen molar-refractivity contribution in [3.05, 3.63) is 45.5 Å². The number of imide groups is 1. The van der Waals surface area contributed by atoms with E-state index in [1.807, 2.05) is 0 Å². The fourth-order valence-corrected chi connectivity index (χ4v) is 4.61. The largest absolute Gasteiger partial charge is 0.461 e. The lowest BCUT2D eigenvalue weighted by Crippen LogP contribution is -2.23. The summed E-state index contributed by atoms with van der Waals surface area (Å²) in [6, 6.07) is 2.29.